The van der Waals surface area contributed by atoms with Crippen molar-refractivity contribution in [3.05, 3.63) is 46.8 Å². The molecule has 21 heavy (non-hydrogen) atoms. The first kappa shape index (κ1) is 15.1. The van der Waals surface area contributed by atoms with Gasteiger partial charge in [0.1, 0.15) is 0 Å². The van der Waals surface area contributed by atoms with E-state index >= 15 is 0 Å². The fraction of sp³-hybridized carbons (Fsp3) is 0.412. The van der Waals surface area contributed by atoms with Crippen molar-refractivity contribution in [3.8, 4) is 6.07 Å². The number of nitrogens with one attached hydrogen (secondary N) is 1. The molecule has 1 heterocycles. The lowest BCUT2D eigenvalue weighted by atomic mass is 10.1. The fourth-order valence-corrected chi connectivity index (χ4v) is 2.78. The Labute approximate surface area is 126 Å². The number of hydrogen-bond donors (Lipinski definition) is 1. The van der Waals surface area contributed by atoms with Crippen LogP contribution >= 0.6 is 0 Å². The first-order valence-corrected chi connectivity index (χ1v) is 7.33. The molecule has 0 spiro atoms. The van der Waals surface area contributed by atoms with Gasteiger partial charge in [-0.1, -0.05) is 12.1 Å². The summed E-state index contributed by atoms with van der Waals surface area (Å²) in [5.41, 5.74) is 5.67. The first-order chi connectivity index (χ1) is 10.1. The molecule has 2 rings (SSSR count). The Morgan fingerprint density at radius 1 is 1.29 bits per heavy atom. The lowest BCUT2D eigenvalue weighted by Crippen LogP contribution is -2.09. The Morgan fingerprint density at radius 2 is 1.95 bits per heavy atom. The van der Waals surface area contributed by atoms with E-state index < -0.39 is 0 Å². The summed E-state index contributed by atoms with van der Waals surface area (Å²) in [6, 6.07) is 10.4. The maximum Gasteiger partial charge on any atom is 0.0669 e. The molecule has 4 nitrogen and oxygen atoms in total. The quantitative estimate of drug-likeness (QED) is 0.908. The van der Waals surface area contributed by atoms with Gasteiger partial charge in [-0.2, -0.15) is 10.4 Å². The molecular formula is C17H22N4. The molecule has 1 N–H and O–H groups in total. The molecule has 0 aliphatic carbocycles. The molecule has 0 bridgehead atoms. The van der Waals surface area contributed by atoms with Gasteiger partial charge in [0.05, 0.1) is 24.2 Å². The van der Waals surface area contributed by atoms with Crippen LogP contribution in [0.4, 0.5) is 5.69 Å². The second kappa shape index (κ2) is 6.45. The number of anilines is 1. The minimum Gasteiger partial charge on any atom is -0.378 e. The van der Waals surface area contributed by atoms with Crippen LogP contribution in [0.15, 0.2) is 24.3 Å². The summed E-state index contributed by atoms with van der Waals surface area (Å²) in [7, 11) is 0. The second-order valence-corrected chi connectivity index (χ2v) is 5.30. The SMILES string of the molecule is CCn1nc(C)c(C(C)Nc2ccc(CC#N)cc2)c1C. The van der Waals surface area contributed by atoms with E-state index in [1.165, 1.54) is 11.3 Å². The van der Waals surface area contributed by atoms with Crippen LogP contribution < -0.4 is 5.32 Å². The molecule has 110 valence electrons. The predicted molar refractivity (Wildman–Crippen MR) is 85.2 cm³/mol. The topological polar surface area (TPSA) is 53.6 Å². The van der Waals surface area contributed by atoms with Gasteiger partial charge in [0, 0.05) is 23.5 Å². The van der Waals surface area contributed by atoms with Crippen molar-refractivity contribution in [3.63, 3.8) is 0 Å². The lowest BCUT2D eigenvalue weighted by molar-refractivity contribution is 0.632. The highest BCUT2D eigenvalue weighted by Gasteiger charge is 2.16. The van der Waals surface area contributed by atoms with Crippen molar-refractivity contribution in [1.82, 2.24) is 9.78 Å². The van der Waals surface area contributed by atoms with Crippen molar-refractivity contribution in [1.29, 1.82) is 5.26 Å². The van der Waals surface area contributed by atoms with Crippen LogP contribution in [0.5, 0.6) is 0 Å². The third-order valence-electron chi connectivity index (χ3n) is 3.79. The maximum absolute atomic E-state index is 8.69. The highest BCUT2D eigenvalue weighted by atomic mass is 15.3. The Bertz CT molecular complexity index is 647. The van der Waals surface area contributed by atoms with E-state index in [2.05, 4.69) is 44.2 Å². The summed E-state index contributed by atoms with van der Waals surface area (Å²) in [6.07, 6.45) is 0.456. The Hall–Kier alpha value is -2.28. The van der Waals surface area contributed by atoms with E-state index in [1.54, 1.807) is 0 Å². The van der Waals surface area contributed by atoms with Crippen LogP contribution in [0, 0.1) is 25.2 Å². The normalized spacial score (nSPS) is 12.0. The number of nitrogens with zero attached hydrogens (tertiary/aromatic N) is 3. The molecule has 0 radical (unpaired) electrons. The van der Waals surface area contributed by atoms with Gasteiger partial charge in [-0.15, -0.1) is 0 Å². The number of benzene rings is 1. The highest BCUT2D eigenvalue weighted by Crippen LogP contribution is 2.25. The van der Waals surface area contributed by atoms with Crippen LogP contribution in [-0.4, -0.2) is 9.78 Å². The van der Waals surface area contributed by atoms with Gasteiger partial charge in [0.15, 0.2) is 0 Å². The zero-order valence-corrected chi connectivity index (χ0v) is 13.1. The zero-order chi connectivity index (χ0) is 15.4. The van der Waals surface area contributed by atoms with E-state index in [0.29, 0.717) is 6.42 Å². The molecule has 1 unspecified atom stereocenters. The minimum atomic E-state index is 0.201. The summed E-state index contributed by atoms with van der Waals surface area (Å²) in [4.78, 5) is 0. The Kier molecular flexibility index (Phi) is 4.64. The van der Waals surface area contributed by atoms with E-state index in [-0.39, 0.29) is 6.04 Å². The second-order valence-electron chi connectivity index (χ2n) is 5.30. The smallest absolute Gasteiger partial charge is 0.0669 e. The van der Waals surface area contributed by atoms with Crippen molar-refractivity contribution in [2.45, 2.75) is 46.7 Å². The molecule has 0 saturated heterocycles. The standard InChI is InChI=1S/C17H22N4/c1-5-21-14(4)17(13(3)20-21)12(2)19-16-8-6-15(7-9-16)10-11-18/h6-9,12,19H,5,10H2,1-4H3. The van der Waals surface area contributed by atoms with Crippen molar-refractivity contribution < 1.29 is 0 Å². The first-order valence-electron chi connectivity index (χ1n) is 7.33. The van der Waals surface area contributed by atoms with Crippen LogP contribution in [-0.2, 0) is 13.0 Å². The molecule has 1 atom stereocenters. The molecule has 0 aliphatic rings. The summed E-state index contributed by atoms with van der Waals surface area (Å²) in [6.45, 7) is 9.33. The van der Waals surface area contributed by atoms with Gasteiger partial charge < -0.3 is 5.32 Å². The molecule has 2 aromatic rings. The molecule has 0 fully saturated rings. The molecule has 0 saturated carbocycles. The van der Waals surface area contributed by atoms with E-state index in [9.17, 15) is 0 Å². The average Bonchev–Trinajstić information content (AvgIpc) is 2.75. The molecule has 1 aromatic carbocycles. The van der Waals surface area contributed by atoms with Gasteiger partial charge in [-0.3, -0.25) is 4.68 Å². The number of nitriles is 1. The zero-order valence-electron chi connectivity index (χ0n) is 13.1. The summed E-state index contributed by atoms with van der Waals surface area (Å²) < 4.78 is 2.04. The summed E-state index contributed by atoms with van der Waals surface area (Å²) >= 11 is 0. The van der Waals surface area contributed by atoms with Crippen LogP contribution in [0.25, 0.3) is 0 Å². The summed E-state index contributed by atoms with van der Waals surface area (Å²) in [5, 5.41) is 16.8. The third-order valence-corrected chi connectivity index (χ3v) is 3.79. The Morgan fingerprint density at radius 3 is 2.48 bits per heavy atom. The summed E-state index contributed by atoms with van der Waals surface area (Å²) in [5.74, 6) is 0. The van der Waals surface area contributed by atoms with Crippen molar-refractivity contribution in [2.75, 3.05) is 5.32 Å². The van der Waals surface area contributed by atoms with Crippen LogP contribution in [0.2, 0.25) is 0 Å². The Balaban J connectivity index is 2.16. The average molecular weight is 282 g/mol. The van der Waals surface area contributed by atoms with Gasteiger partial charge in [-0.05, 0) is 45.4 Å². The lowest BCUT2D eigenvalue weighted by Gasteiger charge is -2.16. The van der Waals surface area contributed by atoms with E-state index in [4.69, 9.17) is 5.26 Å². The predicted octanol–water partition coefficient (Wildman–Crippen LogP) is 3.76. The van der Waals surface area contributed by atoms with Crippen LogP contribution in [0.3, 0.4) is 0 Å². The monoisotopic (exact) mass is 282 g/mol. The third kappa shape index (κ3) is 3.25. The highest BCUT2D eigenvalue weighted by molar-refractivity contribution is 5.48. The minimum absolute atomic E-state index is 0.201. The number of aryl methyl sites for hydroxylation is 2. The molecular weight excluding hydrogens is 260 g/mol. The molecule has 4 heteroatoms. The number of hydrogen-bond acceptors (Lipinski definition) is 3. The van der Waals surface area contributed by atoms with Gasteiger partial charge in [0.25, 0.3) is 0 Å². The number of aromatic nitrogens is 2. The molecule has 1 aromatic heterocycles. The van der Waals surface area contributed by atoms with Gasteiger partial charge >= 0.3 is 0 Å². The van der Waals surface area contributed by atoms with Crippen LogP contribution in [0.1, 0.15) is 42.4 Å². The van der Waals surface area contributed by atoms with Crippen molar-refractivity contribution >= 4 is 5.69 Å². The van der Waals surface area contributed by atoms with E-state index in [0.717, 1.165) is 23.5 Å². The van der Waals surface area contributed by atoms with Gasteiger partial charge in [0.2, 0.25) is 0 Å². The number of rotatable bonds is 5. The van der Waals surface area contributed by atoms with Crippen molar-refractivity contribution in [2.24, 2.45) is 0 Å². The fourth-order valence-electron chi connectivity index (χ4n) is 2.78. The maximum atomic E-state index is 8.69. The van der Waals surface area contributed by atoms with Gasteiger partial charge in [-0.25, -0.2) is 0 Å². The molecule has 0 amide bonds. The van der Waals surface area contributed by atoms with E-state index in [1.807, 2.05) is 28.9 Å². The largest absolute Gasteiger partial charge is 0.378 e. The molecule has 0 aliphatic heterocycles.